The van der Waals surface area contributed by atoms with Crippen molar-refractivity contribution in [3.05, 3.63) is 0 Å². The average Bonchev–Trinajstić information content (AvgIpc) is 0. The average molecular weight is 194 g/mol. The maximum absolute atomic E-state index is 0. The molecular formula is H9AlCl4O. The standard InChI is InChI=1S/Al.4ClH.H2O.3H/h;4*1H;1H2;;;. The molecule has 0 radical (unpaired) electrons. The first-order valence-electron chi connectivity index (χ1n) is 0. The van der Waals surface area contributed by atoms with Gasteiger partial charge in [-0.15, -0.1) is 49.6 Å². The summed E-state index contributed by atoms with van der Waals surface area (Å²) in [5, 5.41) is 0. The Morgan fingerprint density at radius 3 is 0.500 bits per heavy atom. The smallest absolute Gasteiger partial charge is 0.187 e. The van der Waals surface area contributed by atoms with Crippen LogP contribution in [0.3, 0.4) is 0 Å². The fourth-order valence-corrected chi connectivity index (χ4v) is 0. The Labute approximate surface area is 72.3 Å². The molecule has 0 aliphatic rings. The van der Waals surface area contributed by atoms with E-state index in [9.17, 15) is 0 Å². The van der Waals surface area contributed by atoms with Gasteiger partial charge in [0.25, 0.3) is 0 Å². The highest BCUT2D eigenvalue weighted by Crippen LogP contribution is 0.693. The Hall–Kier alpha value is 1.65. The third-order valence-corrected chi connectivity index (χ3v) is 0. The van der Waals surface area contributed by atoms with Gasteiger partial charge in [0, 0.05) is 0 Å². The third kappa shape index (κ3) is 44.8. The third-order valence-electron chi connectivity index (χ3n) is 0. The summed E-state index contributed by atoms with van der Waals surface area (Å²) in [5.41, 5.74) is 0. The lowest BCUT2D eigenvalue weighted by Gasteiger charge is -0.412. The molecule has 0 saturated carbocycles. The summed E-state index contributed by atoms with van der Waals surface area (Å²) in [6, 6.07) is 0. The van der Waals surface area contributed by atoms with E-state index in [1.165, 1.54) is 0 Å². The summed E-state index contributed by atoms with van der Waals surface area (Å²) in [5.74, 6) is 0. The molecule has 0 aliphatic heterocycles. The van der Waals surface area contributed by atoms with Gasteiger partial charge in [0.1, 0.15) is 0 Å². The molecule has 0 heterocycles. The minimum Gasteiger partial charge on any atom is -0.412 e. The van der Waals surface area contributed by atoms with Crippen LogP contribution < -0.4 is 0 Å². The van der Waals surface area contributed by atoms with Gasteiger partial charge in [-0.05, 0) is 0 Å². The Morgan fingerprint density at radius 1 is 0.500 bits per heavy atom. The lowest BCUT2D eigenvalue weighted by molar-refractivity contribution is 0.824. The lowest BCUT2D eigenvalue weighted by atomic mass is 16.0. The first kappa shape index (κ1) is 124. The maximum Gasteiger partial charge on any atom is 0.187 e. The molecule has 0 fully saturated rings. The summed E-state index contributed by atoms with van der Waals surface area (Å²) < 4.78 is 0. The number of rotatable bonds is 0. The van der Waals surface area contributed by atoms with Crippen LogP contribution in [0.15, 0.2) is 0 Å². The van der Waals surface area contributed by atoms with E-state index in [1.807, 2.05) is 0 Å². The van der Waals surface area contributed by atoms with Crippen molar-refractivity contribution < 1.29 is 5.48 Å². The Bertz CT molecular complexity index is 7.51. The van der Waals surface area contributed by atoms with E-state index in [2.05, 4.69) is 0 Å². The van der Waals surface area contributed by atoms with Crippen LogP contribution in [0, 0.1) is 0 Å². The molecule has 0 atom stereocenters. The molecule has 0 aromatic carbocycles. The molecule has 46 valence electrons. The molecule has 0 spiro atoms. The zero-order valence-electron chi connectivity index (χ0n) is 2.13. The van der Waals surface area contributed by atoms with Crippen LogP contribution in [0.4, 0.5) is 0 Å². The monoisotopic (exact) mass is 192 g/mol. The van der Waals surface area contributed by atoms with Gasteiger partial charge < -0.3 is 5.48 Å². The van der Waals surface area contributed by atoms with E-state index in [-0.39, 0.29) is 72.5 Å². The second-order valence-corrected chi connectivity index (χ2v) is 0. The van der Waals surface area contributed by atoms with Crippen LogP contribution in [0.25, 0.3) is 0 Å². The van der Waals surface area contributed by atoms with Gasteiger partial charge in [0.05, 0.1) is 0 Å². The van der Waals surface area contributed by atoms with E-state index >= 15 is 0 Å². The van der Waals surface area contributed by atoms with E-state index in [0.717, 1.165) is 0 Å². The number of halogens is 4. The molecule has 6 heteroatoms. The summed E-state index contributed by atoms with van der Waals surface area (Å²) in [6.45, 7) is 0. The highest BCUT2D eigenvalue weighted by Gasteiger charge is 0.187. The number of hydrogen-bond acceptors (Lipinski definition) is 0. The van der Waals surface area contributed by atoms with E-state index in [4.69, 9.17) is 0 Å². The molecule has 1 nitrogen and oxygen atoms in total. The molecule has 0 aromatic rings. The van der Waals surface area contributed by atoms with Crippen LogP contribution in [0.2, 0.25) is 0 Å². The second-order valence-electron chi connectivity index (χ2n) is 0. The van der Waals surface area contributed by atoms with Crippen LogP contribution in [0.1, 0.15) is 0 Å². The van der Waals surface area contributed by atoms with E-state index < -0.39 is 0 Å². The summed E-state index contributed by atoms with van der Waals surface area (Å²) in [7, 11) is 0. The number of hydrogen-bond donors (Lipinski definition) is 0. The Morgan fingerprint density at radius 2 is 0.500 bits per heavy atom. The predicted octanol–water partition coefficient (Wildman–Crippen LogP) is -0.321. The molecule has 0 aliphatic carbocycles. The molecule has 0 saturated heterocycles. The normalized spacial score (nSPS) is 0. The quantitative estimate of drug-likeness (QED) is 0.473. The lowest BCUT2D eigenvalue weighted by Crippen LogP contribution is -0.381. The van der Waals surface area contributed by atoms with Gasteiger partial charge >= 0.3 is 0 Å². The van der Waals surface area contributed by atoms with Gasteiger partial charge in [-0.25, -0.2) is 0 Å². The van der Waals surface area contributed by atoms with Crippen molar-refractivity contribution in [3.63, 3.8) is 0 Å². The minimum atomic E-state index is 0. The van der Waals surface area contributed by atoms with Crippen molar-refractivity contribution in [2.45, 2.75) is 0 Å². The molecule has 0 aromatic heterocycles. The maximum atomic E-state index is 0. The summed E-state index contributed by atoms with van der Waals surface area (Å²) >= 11 is 0. The van der Waals surface area contributed by atoms with Crippen molar-refractivity contribution in [1.29, 1.82) is 0 Å². The first-order chi connectivity index (χ1) is 0. The van der Waals surface area contributed by atoms with Gasteiger partial charge in [-0.2, -0.15) is 0 Å². The fourth-order valence-electron chi connectivity index (χ4n) is 0. The summed E-state index contributed by atoms with van der Waals surface area (Å²) in [4.78, 5) is 0. The van der Waals surface area contributed by atoms with E-state index in [0.29, 0.717) is 0 Å². The molecule has 2 N–H and O–H groups in total. The fraction of sp³-hybridized carbons (Fsp3) is 0. The van der Waals surface area contributed by atoms with Crippen molar-refractivity contribution in [3.8, 4) is 0 Å². The summed E-state index contributed by atoms with van der Waals surface area (Å²) in [6.07, 6.45) is 0. The van der Waals surface area contributed by atoms with Crippen molar-refractivity contribution in [2.75, 3.05) is 0 Å². The molecule has 0 amide bonds. The predicted molar refractivity (Wildman–Crippen MR) is 42.5 cm³/mol. The van der Waals surface area contributed by atoms with Crippen LogP contribution >= 0.6 is 49.6 Å². The molecular weight excluding hydrogens is 185 g/mol. The van der Waals surface area contributed by atoms with Gasteiger partial charge in [0.15, 0.2) is 17.4 Å². The van der Waals surface area contributed by atoms with Gasteiger partial charge in [0.2, 0.25) is 0 Å². The van der Waals surface area contributed by atoms with Crippen molar-refractivity contribution in [2.24, 2.45) is 0 Å². The van der Waals surface area contributed by atoms with Crippen LogP contribution in [0.5, 0.6) is 0 Å². The highest BCUT2D eigenvalue weighted by atomic mass is 35.5. The zero-order chi connectivity index (χ0) is 0. The Kier molecular flexibility index (Phi) is 1610. The molecule has 0 rings (SSSR count). The van der Waals surface area contributed by atoms with Crippen molar-refractivity contribution in [1.82, 2.24) is 0 Å². The largest absolute Gasteiger partial charge is 0.412 e. The second kappa shape index (κ2) is 77.8. The molecule has 6 heavy (non-hydrogen) atoms. The zero-order valence-corrected chi connectivity index (χ0v) is 5.40. The highest BCUT2D eigenvalue weighted by molar-refractivity contribution is 5.86. The van der Waals surface area contributed by atoms with Gasteiger partial charge in [-0.1, -0.05) is 0 Å². The van der Waals surface area contributed by atoms with Crippen LogP contribution in [-0.4, -0.2) is 22.8 Å². The van der Waals surface area contributed by atoms with Crippen LogP contribution in [-0.2, 0) is 0 Å². The van der Waals surface area contributed by atoms with Crippen molar-refractivity contribution >= 4 is 67.0 Å². The Balaban J connectivity index is 0. The molecule has 0 bridgehead atoms. The topological polar surface area (TPSA) is 31.5 Å². The minimum absolute atomic E-state index is 0. The SMILES string of the molecule is Cl.Cl.Cl.Cl.O.[AlH3]. The van der Waals surface area contributed by atoms with E-state index in [1.54, 1.807) is 0 Å². The first-order valence-corrected chi connectivity index (χ1v) is 0. The van der Waals surface area contributed by atoms with Gasteiger partial charge in [-0.3, -0.25) is 0 Å². The molecule has 0 unspecified atom stereocenters.